The van der Waals surface area contributed by atoms with E-state index >= 15 is 0 Å². The van der Waals surface area contributed by atoms with Gasteiger partial charge < -0.3 is 9.64 Å². The van der Waals surface area contributed by atoms with Gasteiger partial charge in [-0.2, -0.15) is 0 Å². The average Bonchev–Trinajstić information content (AvgIpc) is 2.75. The highest BCUT2D eigenvalue weighted by Gasteiger charge is 2.19. The second-order valence-corrected chi connectivity index (χ2v) is 8.03. The van der Waals surface area contributed by atoms with Crippen LogP contribution in [-0.4, -0.2) is 38.2 Å². The van der Waals surface area contributed by atoms with Crippen molar-refractivity contribution in [2.45, 2.75) is 13.5 Å². The molecule has 1 saturated heterocycles. The highest BCUT2D eigenvalue weighted by atomic mass is 35.5. The van der Waals surface area contributed by atoms with Crippen LogP contribution in [0.2, 0.25) is 5.02 Å². The Labute approximate surface area is 178 Å². The summed E-state index contributed by atoms with van der Waals surface area (Å²) in [4.78, 5) is 4.89. The van der Waals surface area contributed by atoms with Crippen molar-refractivity contribution in [1.29, 1.82) is 0 Å². The molecule has 0 spiro atoms. The van der Waals surface area contributed by atoms with E-state index < -0.39 is 0 Å². The monoisotopic (exact) mass is 406 g/mol. The van der Waals surface area contributed by atoms with Crippen LogP contribution in [0.5, 0.6) is 5.75 Å². The fourth-order valence-electron chi connectivity index (χ4n) is 4.00. The molecule has 1 heterocycles. The zero-order valence-electron chi connectivity index (χ0n) is 17.1. The highest BCUT2D eigenvalue weighted by Crippen LogP contribution is 2.32. The fraction of sp³-hybridized carbons (Fsp3) is 0.280. The number of benzene rings is 3. The lowest BCUT2D eigenvalue weighted by Gasteiger charge is -2.36. The molecule has 4 rings (SSSR count). The Balaban J connectivity index is 1.47. The van der Waals surface area contributed by atoms with Gasteiger partial charge in [-0.25, -0.2) is 0 Å². The van der Waals surface area contributed by atoms with E-state index in [0.29, 0.717) is 0 Å². The summed E-state index contributed by atoms with van der Waals surface area (Å²) >= 11 is 6.37. The van der Waals surface area contributed by atoms with Gasteiger partial charge in [0.15, 0.2) is 0 Å². The van der Waals surface area contributed by atoms with Crippen molar-refractivity contribution in [2.75, 3.05) is 38.2 Å². The number of aryl methyl sites for hydroxylation is 1. The molecule has 0 bridgehead atoms. The predicted octanol–water partition coefficient (Wildman–Crippen LogP) is 5.65. The van der Waals surface area contributed by atoms with Crippen LogP contribution < -0.4 is 9.64 Å². The van der Waals surface area contributed by atoms with Crippen molar-refractivity contribution < 1.29 is 4.74 Å². The molecule has 0 aliphatic carbocycles. The van der Waals surface area contributed by atoms with Crippen molar-refractivity contribution in [3.05, 3.63) is 82.9 Å². The molecule has 3 aromatic carbocycles. The Morgan fingerprint density at radius 2 is 1.69 bits per heavy atom. The van der Waals surface area contributed by atoms with Crippen molar-refractivity contribution in [3.63, 3.8) is 0 Å². The second kappa shape index (κ2) is 8.89. The molecule has 0 atom stereocenters. The molecule has 0 saturated carbocycles. The van der Waals surface area contributed by atoms with E-state index in [0.717, 1.165) is 54.7 Å². The third kappa shape index (κ3) is 4.58. The summed E-state index contributed by atoms with van der Waals surface area (Å²) in [7, 11) is 1.74. The van der Waals surface area contributed by atoms with E-state index in [1.807, 2.05) is 12.1 Å². The normalized spacial score (nSPS) is 14.8. The Morgan fingerprint density at radius 1 is 0.897 bits per heavy atom. The van der Waals surface area contributed by atoms with Gasteiger partial charge in [0.25, 0.3) is 0 Å². The Kier molecular flexibility index (Phi) is 6.08. The van der Waals surface area contributed by atoms with Crippen molar-refractivity contribution in [1.82, 2.24) is 4.90 Å². The first-order valence-corrected chi connectivity index (χ1v) is 10.5. The summed E-state index contributed by atoms with van der Waals surface area (Å²) in [6.07, 6.45) is 0. The number of ether oxygens (including phenoxy) is 1. The lowest BCUT2D eigenvalue weighted by Crippen LogP contribution is -2.46. The van der Waals surface area contributed by atoms with Gasteiger partial charge in [0.05, 0.1) is 17.8 Å². The van der Waals surface area contributed by atoms with E-state index in [1.165, 1.54) is 16.7 Å². The zero-order valence-corrected chi connectivity index (χ0v) is 17.8. The maximum absolute atomic E-state index is 6.37. The minimum Gasteiger partial charge on any atom is -0.496 e. The molecule has 1 aliphatic rings. The van der Waals surface area contributed by atoms with Crippen LogP contribution in [0.25, 0.3) is 11.1 Å². The SMILES string of the molecule is COc1ccc(CN2CCN(c3ccccc3Cl)CC2)cc1-c1cccc(C)c1. The predicted molar refractivity (Wildman–Crippen MR) is 122 cm³/mol. The number of methoxy groups -OCH3 is 1. The van der Waals surface area contributed by atoms with Gasteiger partial charge in [0.1, 0.15) is 5.75 Å². The molecule has 0 radical (unpaired) electrons. The van der Waals surface area contributed by atoms with Crippen LogP contribution in [0.1, 0.15) is 11.1 Å². The Bertz CT molecular complexity index is 980. The molecule has 3 aromatic rings. The first-order chi connectivity index (χ1) is 14.1. The van der Waals surface area contributed by atoms with E-state index in [4.69, 9.17) is 16.3 Å². The number of rotatable bonds is 5. The maximum atomic E-state index is 6.37. The average molecular weight is 407 g/mol. The second-order valence-electron chi connectivity index (χ2n) is 7.62. The molecule has 0 amide bonds. The van der Waals surface area contributed by atoms with Gasteiger partial charge in [0.2, 0.25) is 0 Å². The summed E-state index contributed by atoms with van der Waals surface area (Å²) in [5, 5.41) is 0.832. The Hall–Kier alpha value is -2.49. The lowest BCUT2D eigenvalue weighted by molar-refractivity contribution is 0.250. The van der Waals surface area contributed by atoms with Crippen LogP contribution in [0.4, 0.5) is 5.69 Å². The first-order valence-electron chi connectivity index (χ1n) is 10.1. The number of para-hydroxylation sites is 1. The van der Waals surface area contributed by atoms with Gasteiger partial charge in [-0.05, 0) is 42.3 Å². The number of piperazine rings is 1. The summed E-state index contributed by atoms with van der Waals surface area (Å²) in [5.41, 5.74) is 6.06. The van der Waals surface area contributed by atoms with Crippen LogP contribution in [-0.2, 0) is 6.54 Å². The molecule has 0 aromatic heterocycles. The topological polar surface area (TPSA) is 15.7 Å². The van der Waals surface area contributed by atoms with Gasteiger partial charge in [0, 0.05) is 38.3 Å². The van der Waals surface area contributed by atoms with Gasteiger partial charge in [-0.1, -0.05) is 59.6 Å². The number of anilines is 1. The number of hydrogen-bond acceptors (Lipinski definition) is 3. The Morgan fingerprint density at radius 3 is 2.41 bits per heavy atom. The number of halogens is 1. The minimum atomic E-state index is 0.832. The molecule has 0 unspecified atom stereocenters. The maximum Gasteiger partial charge on any atom is 0.126 e. The zero-order chi connectivity index (χ0) is 20.2. The van der Waals surface area contributed by atoms with Crippen molar-refractivity contribution in [3.8, 4) is 16.9 Å². The van der Waals surface area contributed by atoms with E-state index in [9.17, 15) is 0 Å². The molecular weight excluding hydrogens is 380 g/mol. The lowest BCUT2D eigenvalue weighted by atomic mass is 10.00. The smallest absolute Gasteiger partial charge is 0.126 e. The third-order valence-electron chi connectivity index (χ3n) is 5.56. The van der Waals surface area contributed by atoms with Gasteiger partial charge in [-0.15, -0.1) is 0 Å². The summed E-state index contributed by atoms with van der Waals surface area (Å²) in [6.45, 7) is 7.10. The van der Waals surface area contributed by atoms with Crippen LogP contribution in [0.15, 0.2) is 66.7 Å². The molecule has 150 valence electrons. The molecule has 3 nitrogen and oxygen atoms in total. The highest BCUT2D eigenvalue weighted by molar-refractivity contribution is 6.33. The first kappa shape index (κ1) is 19.8. The van der Waals surface area contributed by atoms with E-state index in [-0.39, 0.29) is 0 Å². The fourth-order valence-corrected chi connectivity index (χ4v) is 4.26. The molecular formula is C25H27ClN2O. The van der Waals surface area contributed by atoms with Crippen molar-refractivity contribution >= 4 is 17.3 Å². The minimum absolute atomic E-state index is 0.832. The summed E-state index contributed by atoms with van der Waals surface area (Å²) in [6, 6.07) is 23.2. The number of nitrogens with zero attached hydrogens (tertiary/aromatic N) is 2. The summed E-state index contributed by atoms with van der Waals surface area (Å²) in [5.74, 6) is 0.919. The largest absolute Gasteiger partial charge is 0.496 e. The van der Waals surface area contributed by atoms with Crippen LogP contribution in [0, 0.1) is 6.92 Å². The van der Waals surface area contributed by atoms with Crippen LogP contribution >= 0.6 is 11.6 Å². The van der Waals surface area contributed by atoms with Gasteiger partial charge in [-0.3, -0.25) is 4.90 Å². The van der Waals surface area contributed by atoms with Crippen molar-refractivity contribution in [2.24, 2.45) is 0 Å². The molecule has 4 heteroatoms. The van der Waals surface area contributed by atoms with Crippen LogP contribution in [0.3, 0.4) is 0 Å². The molecule has 1 aliphatic heterocycles. The number of hydrogen-bond donors (Lipinski definition) is 0. The molecule has 1 fully saturated rings. The summed E-state index contributed by atoms with van der Waals surface area (Å²) < 4.78 is 5.63. The van der Waals surface area contributed by atoms with Gasteiger partial charge >= 0.3 is 0 Å². The van der Waals surface area contributed by atoms with E-state index in [1.54, 1.807) is 7.11 Å². The quantitative estimate of drug-likeness (QED) is 0.544. The molecule has 29 heavy (non-hydrogen) atoms. The third-order valence-corrected chi connectivity index (χ3v) is 5.88. The molecule has 0 N–H and O–H groups in total. The van der Waals surface area contributed by atoms with E-state index in [2.05, 4.69) is 71.3 Å². The standard InChI is InChI=1S/C25H27ClN2O/c1-19-6-5-7-21(16-19)22-17-20(10-11-25(22)29-2)18-27-12-14-28(15-13-27)24-9-4-3-8-23(24)26/h3-11,16-17H,12-15,18H2,1-2H3.